The fourth-order valence-corrected chi connectivity index (χ4v) is 3.44. The maximum atomic E-state index is 12.4. The lowest BCUT2D eigenvalue weighted by Gasteiger charge is -2.24. The molecule has 1 aromatic rings. The number of hydrogen-bond acceptors (Lipinski definition) is 6. The number of amides is 4. The lowest BCUT2D eigenvalue weighted by molar-refractivity contribution is -0.148. The monoisotopic (exact) mass is 414 g/mol. The molecule has 0 radical (unpaired) electrons. The number of hydrogen-bond donors (Lipinski definition) is 2. The standard InChI is InChI=1S/C21H26N4O5/c1-14(19(27)23-21(29)22-15-8-4-2-5-9-15)30-20(28)17-12-13-18(26)25(24-17)16-10-6-3-7-11-16/h3,6-7,10-11,14-15H,2,4-5,8-9,12-13H2,1H3,(H2,22,23,27,29)/t14-/m0/s1. The highest BCUT2D eigenvalue weighted by molar-refractivity contribution is 6.38. The first-order valence-electron chi connectivity index (χ1n) is 10.2. The maximum Gasteiger partial charge on any atom is 0.355 e. The second kappa shape index (κ2) is 10.00. The molecule has 1 aliphatic carbocycles. The van der Waals surface area contributed by atoms with Crippen LogP contribution >= 0.6 is 0 Å². The van der Waals surface area contributed by atoms with Gasteiger partial charge in [0.15, 0.2) is 6.10 Å². The average Bonchev–Trinajstić information content (AvgIpc) is 2.75. The van der Waals surface area contributed by atoms with E-state index in [0.717, 1.165) is 37.1 Å². The minimum absolute atomic E-state index is 0.0461. The Hall–Kier alpha value is -3.23. The molecular weight excluding hydrogens is 388 g/mol. The first kappa shape index (κ1) is 21.5. The lowest BCUT2D eigenvalue weighted by atomic mass is 9.96. The van der Waals surface area contributed by atoms with Crippen molar-refractivity contribution in [1.82, 2.24) is 10.6 Å². The topological polar surface area (TPSA) is 117 Å². The predicted octanol–water partition coefficient (Wildman–Crippen LogP) is 2.26. The summed E-state index contributed by atoms with van der Waals surface area (Å²) in [6, 6.07) is 8.20. The quantitative estimate of drug-likeness (QED) is 0.717. The van der Waals surface area contributed by atoms with Crippen molar-refractivity contribution in [2.24, 2.45) is 5.10 Å². The Morgan fingerprint density at radius 3 is 2.50 bits per heavy atom. The van der Waals surface area contributed by atoms with Gasteiger partial charge in [-0.3, -0.25) is 14.9 Å². The summed E-state index contributed by atoms with van der Waals surface area (Å²) < 4.78 is 5.16. The fourth-order valence-electron chi connectivity index (χ4n) is 3.44. The molecule has 0 unspecified atom stereocenters. The van der Waals surface area contributed by atoms with Gasteiger partial charge < -0.3 is 10.1 Å². The number of nitrogens with one attached hydrogen (secondary N) is 2. The number of ether oxygens (including phenoxy) is 1. The van der Waals surface area contributed by atoms with Crippen LogP contribution in [0.2, 0.25) is 0 Å². The number of carbonyl (C=O) groups is 4. The van der Waals surface area contributed by atoms with Crippen molar-refractivity contribution in [2.75, 3.05) is 5.01 Å². The number of carbonyl (C=O) groups excluding carboxylic acids is 4. The highest BCUT2D eigenvalue weighted by Crippen LogP contribution is 2.20. The van der Waals surface area contributed by atoms with Crippen LogP contribution in [-0.4, -0.2) is 41.7 Å². The van der Waals surface area contributed by atoms with E-state index < -0.39 is 24.0 Å². The first-order chi connectivity index (χ1) is 14.4. The number of nitrogens with zero attached hydrogens (tertiary/aromatic N) is 2. The maximum absolute atomic E-state index is 12.4. The van der Waals surface area contributed by atoms with Crippen LogP contribution in [0.3, 0.4) is 0 Å². The molecule has 3 rings (SSSR count). The van der Waals surface area contributed by atoms with Gasteiger partial charge in [-0.05, 0) is 31.9 Å². The van der Waals surface area contributed by atoms with Crippen LogP contribution in [0.25, 0.3) is 0 Å². The van der Waals surface area contributed by atoms with Crippen molar-refractivity contribution in [1.29, 1.82) is 0 Å². The molecule has 30 heavy (non-hydrogen) atoms. The Morgan fingerprint density at radius 1 is 1.10 bits per heavy atom. The SMILES string of the molecule is C[C@H](OC(=O)C1=NN(c2ccccc2)C(=O)CC1)C(=O)NC(=O)NC1CCCCC1. The summed E-state index contributed by atoms with van der Waals surface area (Å²) in [5.74, 6) is -1.74. The van der Waals surface area contributed by atoms with E-state index in [9.17, 15) is 19.2 Å². The molecule has 2 N–H and O–H groups in total. The number of anilines is 1. The third kappa shape index (κ3) is 5.65. The van der Waals surface area contributed by atoms with Crippen molar-refractivity contribution in [2.45, 2.75) is 64.0 Å². The Kier molecular flexibility index (Phi) is 7.16. The van der Waals surface area contributed by atoms with Crippen LogP contribution in [0, 0.1) is 0 Å². The normalized spacial score (nSPS) is 18.2. The summed E-state index contributed by atoms with van der Waals surface area (Å²) in [5.41, 5.74) is 0.586. The van der Waals surface area contributed by atoms with Crippen molar-refractivity contribution < 1.29 is 23.9 Å². The zero-order chi connectivity index (χ0) is 21.5. The van der Waals surface area contributed by atoms with Gasteiger partial charge in [-0.15, -0.1) is 0 Å². The molecule has 4 amide bonds. The zero-order valence-electron chi connectivity index (χ0n) is 16.9. The van der Waals surface area contributed by atoms with E-state index in [1.54, 1.807) is 24.3 Å². The highest BCUT2D eigenvalue weighted by Gasteiger charge is 2.29. The molecule has 1 fully saturated rings. The molecule has 0 aromatic heterocycles. The average molecular weight is 414 g/mol. The van der Waals surface area contributed by atoms with Gasteiger partial charge in [-0.25, -0.2) is 14.6 Å². The molecule has 1 aromatic carbocycles. The van der Waals surface area contributed by atoms with E-state index in [1.165, 1.54) is 6.92 Å². The van der Waals surface area contributed by atoms with Crippen LogP contribution < -0.4 is 15.6 Å². The fraction of sp³-hybridized carbons (Fsp3) is 0.476. The van der Waals surface area contributed by atoms with Gasteiger partial charge >= 0.3 is 12.0 Å². The van der Waals surface area contributed by atoms with Gasteiger partial charge in [0.25, 0.3) is 5.91 Å². The Bertz CT molecular complexity index is 833. The number of rotatable bonds is 5. The van der Waals surface area contributed by atoms with Crippen molar-refractivity contribution in [3.8, 4) is 0 Å². The zero-order valence-corrected chi connectivity index (χ0v) is 16.9. The molecule has 1 atom stereocenters. The first-order valence-corrected chi connectivity index (χ1v) is 10.2. The number of esters is 1. The molecular formula is C21H26N4O5. The number of hydrazone groups is 1. The summed E-state index contributed by atoms with van der Waals surface area (Å²) in [5, 5.41) is 10.2. The van der Waals surface area contributed by atoms with E-state index >= 15 is 0 Å². The van der Waals surface area contributed by atoms with Crippen LogP contribution in [0.4, 0.5) is 10.5 Å². The van der Waals surface area contributed by atoms with E-state index in [-0.39, 0.29) is 30.5 Å². The smallest absolute Gasteiger partial charge is 0.355 e. The van der Waals surface area contributed by atoms with Gasteiger partial charge in [0.05, 0.1) is 5.69 Å². The van der Waals surface area contributed by atoms with Crippen molar-refractivity contribution in [3.63, 3.8) is 0 Å². The molecule has 0 saturated heterocycles. The van der Waals surface area contributed by atoms with Gasteiger partial charge in [0.1, 0.15) is 5.71 Å². The van der Waals surface area contributed by atoms with E-state index in [2.05, 4.69) is 15.7 Å². The van der Waals surface area contributed by atoms with E-state index in [1.807, 2.05) is 6.07 Å². The minimum atomic E-state index is -1.18. The van der Waals surface area contributed by atoms with Crippen LogP contribution in [-0.2, 0) is 19.1 Å². The van der Waals surface area contributed by atoms with Crippen LogP contribution in [0.5, 0.6) is 0 Å². The van der Waals surface area contributed by atoms with Crippen molar-refractivity contribution in [3.05, 3.63) is 30.3 Å². The van der Waals surface area contributed by atoms with E-state index in [4.69, 9.17) is 4.74 Å². The molecule has 160 valence electrons. The Morgan fingerprint density at radius 2 is 1.80 bits per heavy atom. The third-order valence-electron chi connectivity index (χ3n) is 5.10. The molecule has 2 aliphatic rings. The Labute approximate surface area is 174 Å². The summed E-state index contributed by atoms with van der Waals surface area (Å²) >= 11 is 0. The minimum Gasteiger partial charge on any atom is -0.448 e. The molecule has 0 bridgehead atoms. The van der Waals surface area contributed by atoms with Crippen LogP contribution in [0.1, 0.15) is 51.9 Å². The van der Waals surface area contributed by atoms with Gasteiger partial charge in [0, 0.05) is 18.9 Å². The number of urea groups is 1. The van der Waals surface area contributed by atoms with E-state index in [0.29, 0.717) is 5.69 Å². The molecule has 9 nitrogen and oxygen atoms in total. The second-order valence-corrected chi connectivity index (χ2v) is 7.43. The molecule has 9 heteroatoms. The predicted molar refractivity (Wildman–Crippen MR) is 110 cm³/mol. The number of para-hydroxylation sites is 1. The largest absolute Gasteiger partial charge is 0.448 e. The molecule has 0 spiro atoms. The summed E-state index contributed by atoms with van der Waals surface area (Å²) in [7, 11) is 0. The van der Waals surface area contributed by atoms with Gasteiger partial charge in [-0.2, -0.15) is 5.10 Å². The number of imide groups is 1. The lowest BCUT2D eigenvalue weighted by Crippen LogP contribution is -2.48. The van der Waals surface area contributed by atoms with Crippen LogP contribution in [0.15, 0.2) is 35.4 Å². The Balaban J connectivity index is 1.54. The number of benzene rings is 1. The second-order valence-electron chi connectivity index (χ2n) is 7.43. The highest BCUT2D eigenvalue weighted by atomic mass is 16.5. The van der Waals surface area contributed by atoms with Gasteiger partial charge in [-0.1, -0.05) is 37.5 Å². The van der Waals surface area contributed by atoms with Gasteiger partial charge in [0.2, 0.25) is 5.91 Å². The molecule has 1 heterocycles. The molecule has 1 saturated carbocycles. The summed E-state index contributed by atoms with van der Waals surface area (Å²) in [4.78, 5) is 48.8. The third-order valence-corrected chi connectivity index (χ3v) is 5.10. The van der Waals surface area contributed by atoms with Crippen molar-refractivity contribution >= 4 is 35.2 Å². The molecule has 1 aliphatic heterocycles. The summed E-state index contributed by atoms with van der Waals surface area (Å²) in [6.45, 7) is 1.38. The summed E-state index contributed by atoms with van der Waals surface area (Å²) in [6.07, 6.45) is 4.09.